The molecule has 2 rings (SSSR count). The lowest BCUT2D eigenvalue weighted by atomic mass is 10.2. The van der Waals surface area contributed by atoms with Gasteiger partial charge in [0.2, 0.25) is 0 Å². The summed E-state index contributed by atoms with van der Waals surface area (Å²) in [5.41, 5.74) is 0. The van der Waals surface area contributed by atoms with Crippen molar-refractivity contribution < 1.29 is 8.94 Å². The Morgan fingerprint density at radius 1 is 1.42 bits per heavy atom. The molecule has 2 aromatic rings. The van der Waals surface area contributed by atoms with E-state index in [-0.39, 0.29) is 12.4 Å². The Labute approximate surface area is 131 Å². The van der Waals surface area contributed by atoms with E-state index in [2.05, 4.69) is 45.0 Å². The van der Waals surface area contributed by atoms with Crippen molar-refractivity contribution in [2.75, 3.05) is 7.05 Å². The molecule has 0 aliphatic carbocycles. The Balaban J connectivity index is 0.00000180. The Kier molecular flexibility index (Phi) is 6.53. The van der Waals surface area contributed by atoms with Gasteiger partial charge >= 0.3 is 0 Å². The Morgan fingerprint density at radius 3 is 2.84 bits per heavy atom. The molecule has 0 amide bonds. The third-order valence-corrected chi connectivity index (χ3v) is 3.03. The smallest absolute Gasteiger partial charge is 0.250 e. The highest BCUT2D eigenvalue weighted by Crippen LogP contribution is 2.13. The molecule has 0 aliphatic heterocycles. The van der Waals surface area contributed by atoms with Gasteiger partial charge < -0.3 is 14.3 Å². The largest absolute Gasteiger partial charge is 0.451 e. The molecule has 2 heterocycles. The number of nitrogens with one attached hydrogen (secondary N) is 1. The molecule has 104 valence electrons. The first-order chi connectivity index (χ1) is 8.67. The maximum atomic E-state index is 5.39. The first kappa shape index (κ1) is 16.2. The molecule has 1 N–H and O–H groups in total. The van der Waals surface area contributed by atoms with Crippen LogP contribution in [0.5, 0.6) is 0 Å². The van der Waals surface area contributed by atoms with Crippen LogP contribution in [0.2, 0.25) is 0 Å². The second-order valence-electron chi connectivity index (χ2n) is 3.92. The quantitative estimate of drug-likeness (QED) is 0.789. The highest BCUT2D eigenvalue weighted by molar-refractivity contribution is 14.1. The van der Waals surface area contributed by atoms with Crippen LogP contribution in [0.3, 0.4) is 0 Å². The Hall–Kier alpha value is -0.860. The van der Waals surface area contributed by atoms with E-state index in [1.807, 2.05) is 19.2 Å². The summed E-state index contributed by atoms with van der Waals surface area (Å²) in [5.74, 6) is 1.95. The molecule has 5 nitrogen and oxygen atoms in total. The van der Waals surface area contributed by atoms with Gasteiger partial charge in [0.25, 0.3) is 5.89 Å². The van der Waals surface area contributed by atoms with Gasteiger partial charge in [-0.3, -0.25) is 0 Å². The lowest BCUT2D eigenvalue weighted by Gasteiger charge is -2.04. The zero-order valence-electron chi connectivity index (χ0n) is 10.6. The summed E-state index contributed by atoms with van der Waals surface area (Å²) in [5, 5.41) is 7.04. The van der Waals surface area contributed by atoms with Gasteiger partial charge in [0.15, 0.2) is 9.59 Å². The van der Waals surface area contributed by atoms with Gasteiger partial charge in [-0.05, 0) is 54.8 Å². The SMILES string of the molecule is CNC(C)Cc1noc(/C=C/c2ccc(I)o2)n1.Cl. The van der Waals surface area contributed by atoms with Crippen LogP contribution in [0.15, 0.2) is 21.1 Å². The van der Waals surface area contributed by atoms with Crippen molar-refractivity contribution in [3.05, 3.63) is 33.4 Å². The van der Waals surface area contributed by atoms with E-state index in [4.69, 9.17) is 8.94 Å². The van der Waals surface area contributed by atoms with Crippen LogP contribution < -0.4 is 5.32 Å². The van der Waals surface area contributed by atoms with Gasteiger partial charge in [-0.25, -0.2) is 0 Å². The number of likely N-dealkylation sites (N-methyl/N-ethyl adjacent to an activating group) is 1. The summed E-state index contributed by atoms with van der Waals surface area (Å²) in [4.78, 5) is 4.27. The fraction of sp³-hybridized carbons (Fsp3) is 0.333. The molecule has 0 saturated carbocycles. The molecule has 1 unspecified atom stereocenters. The molecule has 7 heteroatoms. The highest BCUT2D eigenvalue weighted by atomic mass is 127. The molecule has 0 aromatic carbocycles. The van der Waals surface area contributed by atoms with E-state index in [1.165, 1.54) is 0 Å². The lowest BCUT2D eigenvalue weighted by Crippen LogP contribution is -2.24. The molecular formula is C12H15ClIN3O2. The van der Waals surface area contributed by atoms with E-state index >= 15 is 0 Å². The number of rotatable bonds is 5. The van der Waals surface area contributed by atoms with E-state index in [1.54, 1.807) is 12.2 Å². The predicted octanol–water partition coefficient (Wildman–Crippen LogP) is 3.01. The maximum Gasteiger partial charge on any atom is 0.250 e. The first-order valence-electron chi connectivity index (χ1n) is 5.60. The van der Waals surface area contributed by atoms with Crippen LogP contribution in [0.1, 0.15) is 24.4 Å². The molecule has 0 spiro atoms. The van der Waals surface area contributed by atoms with Crippen LogP contribution in [0, 0.1) is 3.77 Å². The molecule has 0 bridgehead atoms. The minimum absolute atomic E-state index is 0. The van der Waals surface area contributed by atoms with Crippen molar-refractivity contribution in [1.29, 1.82) is 0 Å². The molecular weight excluding hydrogens is 381 g/mol. The van der Waals surface area contributed by atoms with Gasteiger partial charge in [-0.1, -0.05) is 5.16 Å². The molecule has 19 heavy (non-hydrogen) atoms. The van der Waals surface area contributed by atoms with E-state index in [0.717, 1.165) is 15.9 Å². The number of nitrogens with zero attached hydrogens (tertiary/aromatic N) is 2. The second-order valence-corrected chi connectivity index (χ2v) is 4.98. The summed E-state index contributed by atoms with van der Waals surface area (Å²) in [6, 6.07) is 4.11. The van der Waals surface area contributed by atoms with Gasteiger partial charge in [-0.15, -0.1) is 12.4 Å². The molecule has 0 saturated heterocycles. The highest BCUT2D eigenvalue weighted by Gasteiger charge is 2.07. The average Bonchev–Trinajstić information content (AvgIpc) is 2.96. The third kappa shape index (κ3) is 4.96. The maximum absolute atomic E-state index is 5.39. The summed E-state index contributed by atoms with van der Waals surface area (Å²) in [7, 11) is 1.91. The number of hydrogen-bond acceptors (Lipinski definition) is 5. The number of halogens is 2. The van der Waals surface area contributed by atoms with Crippen molar-refractivity contribution in [3.63, 3.8) is 0 Å². The molecule has 0 radical (unpaired) electrons. The number of furan rings is 1. The van der Waals surface area contributed by atoms with Crippen LogP contribution in [0.4, 0.5) is 0 Å². The normalized spacial score (nSPS) is 12.6. The zero-order chi connectivity index (χ0) is 13.0. The van der Waals surface area contributed by atoms with Crippen LogP contribution in [-0.4, -0.2) is 23.2 Å². The molecule has 1 atom stereocenters. The van der Waals surface area contributed by atoms with Gasteiger partial charge in [0.05, 0.1) is 0 Å². The summed E-state index contributed by atoms with van der Waals surface area (Å²) < 4.78 is 11.4. The van der Waals surface area contributed by atoms with Crippen LogP contribution >= 0.6 is 35.0 Å². The fourth-order valence-electron chi connectivity index (χ4n) is 1.37. The van der Waals surface area contributed by atoms with Crippen molar-refractivity contribution in [1.82, 2.24) is 15.5 Å². The predicted molar refractivity (Wildman–Crippen MR) is 84.1 cm³/mol. The molecule has 0 aliphatic rings. The summed E-state index contributed by atoms with van der Waals surface area (Å²) in [6.07, 6.45) is 4.29. The van der Waals surface area contributed by atoms with Crippen molar-refractivity contribution in [3.8, 4) is 0 Å². The molecule has 0 fully saturated rings. The van der Waals surface area contributed by atoms with E-state index in [0.29, 0.717) is 17.8 Å². The van der Waals surface area contributed by atoms with Crippen molar-refractivity contribution in [2.45, 2.75) is 19.4 Å². The van der Waals surface area contributed by atoms with E-state index in [9.17, 15) is 0 Å². The second kappa shape index (κ2) is 7.66. The summed E-state index contributed by atoms with van der Waals surface area (Å²) in [6.45, 7) is 2.07. The lowest BCUT2D eigenvalue weighted by molar-refractivity contribution is 0.400. The standard InChI is InChI=1S/C12H14IN3O2.ClH/c1-8(14-2)7-11-15-12(18-16-11)6-4-9-3-5-10(13)17-9;/h3-6,8,14H,7H2,1-2H3;1H/b6-4+;. The number of hydrogen-bond donors (Lipinski definition) is 1. The summed E-state index contributed by atoms with van der Waals surface area (Å²) >= 11 is 2.12. The topological polar surface area (TPSA) is 64.1 Å². The zero-order valence-corrected chi connectivity index (χ0v) is 13.6. The van der Waals surface area contributed by atoms with Crippen molar-refractivity contribution >= 4 is 47.1 Å². The number of aromatic nitrogens is 2. The third-order valence-electron chi connectivity index (χ3n) is 2.45. The van der Waals surface area contributed by atoms with Crippen molar-refractivity contribution in [2.24, 2.45) is 0 Å². The first-order valence-corrected chi connectivity index (χ1v) is 6.68. The minimum atomic E-state index is 0. The molecule has 2 aromatic heterocycles. The van der Waals surface area contributed by atoms with Crippen LogP contribution in [0.25, 0.3) is 12.2 Å². The van der Waals surface area contributed by atoms with Gasteiger partial charge in [-0.2, -0.15) is 4.98 Å². The van der Waals surface area contributed by atoms with Gasteiger partial charge in [0, 0.05) is 18.5 Å². The Morgan fingerprint density at radius 2 is 2.21 bits per heavy atom. The Bertz CT molecular complexity index is 539. The van der Waals surface area contributed by atoms with Gasteiger partial charge in [0.1, 0.15) is 5.76 Å². The minimum Gasteiger partial charge on any atom is -0.451 e. The van der Waals surface area contributed by atoms with E-state index < -0.39 is 0 Å². The average molecular weight is 396 g/mol. The monoisotopic (exact) mass is 395 g/mol. The van der Waals surface area contributed by atoms with Crippen LogP contribution in [-0.2, 0) is 6.42 Å². The fourth-order valence-corrected chi connectivity index (χ4v) is 1.80.